The number of nitrogens with zero attached hydrogens (tertiary/aromatic N) is 2. The Labute approximate surface area is 85.5 Å². The van der Waals surface area contributed by atoms with E-state index < -0.39 is 0 Å². The number of imidazole rings is 1. The van der Waals surface area contributed by atoms with Crippen LogP contribution in [-0.2, 0) is 6.54 Å². The van der Waals surface area contributed by atoms with Crippen molar-refractivity contribution in [3.63, 3.8) is 0 Å². The SMILES string of the molecule is CCn1cnc(C2CCC(C)NC2)c1. The predicted octanol–water partition coefficient (Wildman–Crippen LogP) is 1.76. The Hall–Kier alpha value is -0.830. The Balaban J connectivity index is 2.01. The second-order valence-electron chi connectivity index (χ2n) is 4.21. The van der Waals surface area contributed by atoms with Gasteiger partial charge in [-0.2, -0.15) is 0 Å². The van der Waals surface area contributed by atoms with Crippen molar-refractivity contribution in [3.8, 4) is 0 Å². The molecule has 2 atom stereocenters. The molecule has 2 unspecified atom stereocenters. The van der Waals surface area contributed by atoms with Crippen LogP contribution >= 0.6 is 0 Å². The maximum Gasteiger partial charge on any atom is 0.0949 e. The number of hydrogen-bond acceptors (Lipinski definition) is 2. The molecule has 3 heteroatoms. The molecule has 1 aromatic heterocycles. The summed E-state index contributed by atoms with van der Waals surface area (Å²) < 4.78 is 2.15. The summed E-state index contributed by atoms with van der Waals surface area (Å²) in [6.45, 7) is 6.50. The highest BCUT2D eigenvalue weighted by Gasteiger charge is 2.20. The lowest BCUT2D eigenvalue weighted by atomic mass is 9.93. The van der Waals surface area contributed by atoms with Crippen molar-refractivity contribution in [2.45, 2.75) is 45.2 Å². The summed E-state index contributed by atoms with van der Waals surface area (Å²) in [5.74, 6) is 0.624. The first-order valence-electron chi connectivity index (χ1n) is 5.54. The molecule has 0 amide bonds. The van der Waals surface area contributed by atoms with Gasteiger partial charge in [0.2, 0.25) is 0 Å². The van der Waals surface area contributed by atoms with Gasteiger partial charge in [0.05, 0.1) is 12.0 Å². The molecule has 0 radical (unpaired) electrons. The zero-order chi connectivity index (χ0) is 9.97. The van der Waals surface area contributed by atoms with Crippen molar-refractivity contribution in [1.29, 1.82) is 0 Å². The van der Waals surface area contributed by atoms with Crippen LogP contribution in [0.1, 0.15) is 38.3 Å². The minimum Gasteiger partial charge on any atom is -0.337 e. The van der Waals surface area contributed by atoms with Crippen molar-refractivity contribution in [2.24, 2.45) is 0 Å². The van der Waals surface area contributed by atoms with Crippen LogP contribution < -0.4 is 5.32 Å². The molecule has 0 saturated carbocycles. The first kappa shape index (κ1) is 9.71. The minimum atomic E-state index is 0.624. The highest BCUT2D eigenvalue weighted by Crippen LogP contribution is 2.23. The third-order valence-electron chi connectivity index (χ3n) is 3.10. The van der Waals surface area contributed by atoms with Crippen LogP contribution in [0.15, 0.2) is 12.5 Å². The monoisotopic (exact) mass is 193 g/mol. The van der Waals surface area contributed by atoms with E-state index in [2.05, 4.69) is 34.9 Å². The fourth-order valence-electron chi connectivity index (χ4n) is 2.01. The molecule has 1 saturated heterocycles. The molecule has 1 aliphatic heterocycles. The smallest absolute Gasteiger partial charge is 0.0949 e. The molecule has 78 valence electrons. The first-order valence-corrected chi connectivity index (χ1v) is 5.54. The van der Waals surface area contributed by atoms with Gasteiger partial charge in [-0.1, -0.05) is 0 Å². The largest absolute Gasteiger partial charge is 0.337 e. The molecular weight excluding hydrogens is 174 g/mol. The van der Waals surface area contributed by atoms with Crippen LogP contribution in [0.3, 0.4) is 0 Å². The minimum absolute atomic E-state index is 0.624. The van der Waals surface area contributed by atoms with Crippen molar-refractivity contribution in [1.82, 2.24) is 14.9 Å². The molecule has 2 rings (SSSR count). The Kier molecular flexibility index (Phi) is 2.87. The Morgan fingerprint density at radius 1 is 1.57 bits per heavy atom. The van der Waals surface area contributed by atoms with Crippen molar-refractivity contribution in [2.75, 3.05) is 6.54 Å². The molecule has 2 heterocycles. The zero-order valence-corrected chi connectivity index (χ0v) is 9.03. The van der Waals surface area contributed by atoms with Crippen molar-refractivity contribution in [3.05, 3.63) is 18.2 Å². The fraction of sp³-hybridized carbons (Fsp3) is 0.727. The predicted molar refractivity (Wildman–Crippen MR) is 57.3 cm³/mol. The van der Waals surface area contributed by atoms with Crippen LogP contribution in [0.4, 0.5) is 0 Å². The van der Waals surface area contributed by atoms with E-state index in [1.165, 1.54) is 18.5 Å². The van der Waals surface area contributed by atoms with E-state index in [4.69, 9.17) is 0 Å². The van der Waals surface area contributed by atoms with E-state index in [0.29, 0.717) is 12.0 Å². The molecular formula is C11H19N3. The fourth-order valence-corrected chi connectivity index (χ4v) is 2.01. The van der Waals surface area contributed by atoms with Gasteiger partial charge < -0.3 is 9.88 Å². The Morgan fingerprint density at radius 2 is 2.43 bits per heavy atom. The van der Waals surface area contributed by atoms with Gasteiger partial charge in [0.25, 0.3) is 0 Å². The quantitative estimate of drug-likeness (QED) is 0.775. The van der Waals surface area contributed by atoms with Crippen molar-refractivity contribution < 1.29 is 0 Å². The van der Waals surface area contributed by atoms with Crippen LogP contribution in [0.25, 0.3) is 0 Å². The normalized spacial score (nSPS) is 27.9. The zero-order valence-electron chi connectivity index (χ0n) is 9.03. The van der Waals surface area contributed by atoms with Crippen molar-refractivity contribution >= 4 is 0 Å². The van der Waals surface area contributed by atoms with Gasteiger partial charge in [-0.15, -0.1) is 0 Å². The van der Waals surface area contributed by atoms with Gasteiger partial charge in [-0.05, 0) is 26.7 Å². The van der Waals surface area contributed by atoms with E-state index >= 15 is 0 Å². The highest BCUT2D eigenvalue weighted by atomic mass is 15.0. The average Bonchev–Trinajstić information content (AvgIpc) is 2.67. The summed E-state index contributed by atoms with van der Waals surface area (Å²) in [5.41, 5.74) is 1.26. The Bertz CT molecular complexity index is 284. The van der Waals surface area contributed by atoms with Gasteiger partial charge in [0, 0.05) is 31.2 Å². The maximum absolute atomic E-state index is 4.46. The van der Waals surface area contributed by atoms with Crippen LogP contribution in [-0.4, -0.2) is 22.1 Å². The molecule has 1 aliphatic rings. The van der Waals surface area contributed by atoms with E-state index in [9.17, 15) is 0 Å². The standard InChI is InChI=1S/C11H19N3/c1-3-14-7-11(13-8-14)10-5-4-9(2)12-6-10/h7-10,12H,3-6H2,1-2H3. The summed E-state index contributed by atoms with van der Waals surface area (Å²) in [7, 11) is 0. The lowest BCUT2D eigenvalue weighted by Gasteiger charge is -2.26. The number of rotatable bonds is 2. The van der Waals surface area contributed by atoms with E-state index in [1.807, 2.05) is 6.33 Å². The number of hydrogen-bond donors (Lipinski definition) is 1. The summed E-state index contributed by atoms with van der Waals surface area (Å²) in [6.07, 6.45) is 6.66. The van der Waals surface area contributed by atoms with Gasteiger partial charge in [0.1, 0.15) is 0 Å². The second kappa shape index (κ2) is 4.13. The second-order valence-corrected chi connectivity index (χ2v) is 4.21. The maximum atomic E-state index is 4.46. The number of aryl methyl sites for hydroxylation is 1. The topological polar surface area (TPSA) is 29.9 Å². The lowest BCUT2D eigenvalue weighted by Crippen LogP contribution is -2.35. The molecule has 1 fully saturated rings. The van der Waals surface area contributed by atoms with Crippen LogP contribution in [0.5, 0.6) is 0 Å². The van der Waals surface area contributed by atoms with Crippen LogP contribution in [0, 0.1) is 0 Å². The van der Waals surface area contributed by atoms with E-state index in [0.717, 1.165) is 13.1 Å². The molecule has 0 bridgehead atoms. The average molecular weight is 193 g/mol. The summed E-state index contributed by atoms with van der Waals surface area (Å²) >= 11 is 0. The van der Waals surface area contributed by atoms with Gasteiger partial charge >= 0.3 is 0 Å². The number of nitrogens with one attached hydrogen (secondary N) is 1. The summed E-state index contributed by atoms with van der Waals surface area (Å²) in [6, 6.07) is 0.680. The number of piperidine rings is 1. The molecule has 0 aliphatic carbocycles. The Morgan fingerprint density at radius 3 is 3.00 bits per heavy atom. The third-order valence-corrected chi connectivity index (χ3v) is 3.10. The molecule has 3 nitrogen and oxygen atoms in total. The molecule has 1 aromatic rings. The summed E-state index contributed by atoms with van der Waals surface area (Å²) in [5, 5.41) is 3.51. The van der Waals surface area contributed by atoms with E-state index in [1.54, 1.807) is 0 Å². The van der Waals surface area contributed by atoms with Gasteiger partial charge in [-0.3, -0.25) is 0 Å². The van der Waals surface area contributed by atoms with Gasteiger partial charge in [-0.25, -0.2) is 4.98 Å². The summed E-state index contributed by atoms with van der Waals surface area (Å²) in [4.78, 5) is 4.46. The van der Waals surface area contributed by atoms with E-state index in [-0.39, 0.29) is 0 Å². The number of aromatic nitrogens is 2. The molecule has 14 heavy (non-hydrogen) atoms. The highest BCUT2D eigenvalue weighted by molar-refractivity contribution is 5.07. The molecule has 0 aromatic carbocycles. The third kappa shape index (κ3) is 1.98. The van der Waals surface area contributed by atoms with Crippen LogP contribution in [0.2, 0.25) is 0 Å². The van der Waals surface area contributed by atoms with Gasteiger partial charge in [0.15, 0.2) is 0 Å². The first-order chi connectivity index (χ1) is 6.79. The lowest BCUT2D eigenvalue weighted by molar-refractivity contribution is 0.381. The molecule has 1 N–H and O–H groups in total. The molecule has 0 spiro atoms.